The minimum Gasteiger partial charge on any atom is -0.480 e. The van der Waals surface area contributed by atoms with Crippen LogP contribution in [0.2, 0.25) is 0 Å². The van der Waals surface area contributed by atoms with Crippen molar-refractivity contribution < 1.29 is 29.4 Å². The van der Waals surface area contributed by atoms with Crippen molar-refractivity contribution in [3.63, 3.8) is 0 Å². The van der Waals surface area contributed by atoms with Crippen molar-refractivity contribution in [2.75, 3.05) is 6.54 Å². The third kappa shape index (κ3) is 4.91. The van der Waals surface area contributed by atoms with E-state index in [1.807, 2.05) is 6.92 Å². The first-order valence-electron chi connectivity index (χ1n) is 8.58. The minimum atomic E-state index is -1.15. The van der Waals surface area contributed by atoms with E-state index in [-0.39, 0.29) is 25.3 Å². The molecule has 25 heavy (non-hydrogen) atoms. The molecule has 0 bridgehead atoms. The number of carboxylic acids is 2. The fourth-order valence-corrected chi connectivity index (χ4v) is 3.33. The normalized spacial score (nSPS) is 21.2. The first-order chi connectivity index (χ1) is 11.8. The van der Waals surface area contributed by atoms with Crippen LogP contribution in [-0.2, 0) is 19.2 Å². The van der Waals surface area contributed by atoms with E-state index in [9.17, 15) is 29.4 Å². The zero-order chi connectivity index (χ0) is 19.1. The third-order valence-corrected chi connectivity index (χ3v) is 4.44. The molecule has 4 atom stereocenters. The Hall–Kier alpha value is -2.16. The first-order valence-corrected chi connectivity index (χ1v) is 8.58. The maximum Gasteiger partial charge on any atom is 0.320 e. The van der Waals surface area contributed by atoms with Gasteiger partial charge < -0.3 is 20.8 Å². The van der Waals surface area contributed by atoms with Gasteiger partial charge in [0.25, 0.3) is 0 Å². The van der Waals surface area contributed by atoms with E-state index in [4.69, 9.17) is 0 Å². The summed E-state index contributed by atoms with van der Waals surface area (Å²) >= 11 is 0. The molecule has 1 rings (SSSR count). The molecule has 4 N–H and O–H groups in total. The molecule has 0 saturated carbocycles. The number of carboxylic acid groups (broad SMARTS) is 2. The third-order valence-electron chi connectivity index (χ3n) is 4.44. The molecule has 1 aliphatic rings. The highest BCUT2D eigenvalue weighted by Gasteiger charge is 2.44. The lowest BCUT2D eigenvalue weighted by Gasteiger charge is -2.43. The SMILES string of the molecule is CCCC(C1NC(=O)CNC1=O)N(C(CC)C(=O)O)C(CC)C(=O)O. The van der Waals surface area contributed by atoms with Gasteiger partial charge in [0, 0.05) is 6.04 Å². The zero-order valence-corrected chi connectivity index (χ0v) is 14.8. The van der Waals surface area contributed by atoms with Crippen LogP contribution in [0.1, 0.15) is 46.5 Å². The molecule has 9 nitrogen and oxygen atoms in total. The van der Waals surface area contributed by atoms with Gasteiger partial charge in [-0.1, -0.05) is 27.2 Å². The monoisotopic (exact) mass is 357 g/mol. The Morgan fingerprint density at radius 2 is 1.64 bits per heavy atom. The van der Waals surface area contributed by atoms with Gasteiger partial charge in [0.15, 0.2) is 0 Å². The van der Waals surface area contributed by atoms with E-state index >= 15 is 0 Å². The quantitative estimate of drug-likeness (QED) is 0.425. The second-order valence-electron chi connectivity index (χ2n) is 6.09. The van der Waals surface area contributed by atoms with Crippen LogP contribution in [0, 0.1) is 0 Å². The van der Waals surface area contributed by atoms with Gasteiger partial charge in [-0.15, -0.1) is 0 Å². The topological polar surface area (TPSA) is 136 Å². The highest BCUT2D eigenvalue weighted by Crippen LogP contribution is 2.23. The standard InChI is InChI=1S/C16H27N3O6/c1-4-7-11(13-14(21)17-8-12(20)18-13)19(9(5-2)15(22)23)10(6-3)16(24)25/h9-11,13H,4-8H2,1-3H3,(H,17,21)(H,18,20)(H,22,23)(H,24,25). The van der Waals surface area contributed by atoms with E-state index < -0.39 is 42.0 Å². The second-order valence-corrected chi connectivity index (χ2v) is 6.09. The van der Waals surface area contributed by atoms with Crippen molar-refractivity contribution in [3.8, 4) is 0 Å². The molecule has 0 spiro atoms. The summed E-state index contributed by atoms with van der Waals surface area (Å²) in [6.45, 7) is 5.03. The molecular formula is C16H27N3O6. The molecule has 0 aliphatic carbocycles. The molecule has 9 heteroatoms. The van der Waals surface area contributed by atoms with Gasteiger partial charge in [-0.3, -0.25) is 24.1 Å². The number of hydrogen-bond donors (Lipinski definition) is 4. The van der Waals surface area contributed by atoms with E-state index in [0.717, 1.165) is 0 Å². The second kappa shape index (κ2) is 9.36. The number of aliphatic carboxylic acids is 2. The molecule has 0 aromatic heterocycles. The molecule has 0 aromatic rings. The fourth-order valence-electron chi connectivity index (χ4n) is 3.33. The van der Waals surface area contributed by atoms with Crippen LogP contribution < -0.4 is 10.6 Å². The number of carbonyl (C=O) groups is 4. The van der Waals surface area contributed by atoms with E-state index in [1.54, 1.807) is 13.8 Å². The van der Waals surface area contributed by atoms with Crippen LogP contribution in [-0.4, -0.2) is 69.6 Å². The number of amides is 2. The fraction of sp³-hybridized carbons (Fsp3) is 0.750. The van der Waals surface area contributed by atoms with Gasteiger partial charge in [-0.25, -0.2) is 0 Å². The van der Waals surface area contributed by atoms with Crippen molar-refractivity contribution in [1.82, 2.24) is 15.5 Å². The number of hydrogen-bond acceptors (Lipinski definition) is 5. The Morgan fingerprint density at radius 1 is 1.12 bits per heavy atom. The average Bonchev–Trinajstić information content (AvgIpc) is 2.54. The van der Waals surface area contributed by atoms with Crippen LogP contribution in [0.5, 0.6) is 0 Å². The van der Waals surface area contributed by atoms with Crippen LogP contribution >= 0.6 is 0 Å². The summed E-state index contributed by atoms with van der Waals surface area (Å²) in [7, 11) is 0. The van der Waals surface area contributed by atoms with Gasteiger partial charge in [-0.2, -0.15) is 0 Å². The number of carbonyl (C=O) groups excluding carboxylic acids is 2. The molecule has 0 aromatic carbocycles. The molecule has 2 amide bonds. The van der Waals surface area contributed by atoms with E-state index in [1.165, 1.54) is 4.90 Å². The lowest BCUT2D eigenvalue weighted by Crippen LogP contribution is -2.67. The van der Waals surface area contributed by atoms with Crippen LogP contribution in [0.25, 0.3) is 0 Å². The number of rotatable bonds is 10. The minimum absolute atomic E-state index is 0.138. The maximum atomic E-state index is 12.3. The molecule has 1 saturated heterocycles. The highest BCUT2D eigenvalue weighted by atomic mass is 16.4. The molecule has 0 radical (unpaired) electrons. The number of piperazine rings is 1. The maximum absolute atomic E-state index is 12.3. The smallest absolute Gasteiger partial charge is 0.320 e. The Bertz CT molecular complexity index is 502. The van der Waals surface area contributed by atoms with Crippen LogP contribution in [0.15, 0.2) is 0 Å². The molecule has 1 fully saturated rings. The summed E-state index contributed by atoms with van der Waals surface area (Å²) < 4.78 is 0. The van der Waals surface area contributed by atoms with Gasteiger partial charge in [0.05, 0.1) is 6.54 Å². The molecular weight excluding hydrogens is 330 g/mol. The van der Waals surface area contributed by atoms with Crippen LogP contribution in [0.4, 0.5) is 0 Å². The molecule has 1 aliphatic heterocycles. The first kappa shape index (κ1) is 20.9. The van der Waals surface area contributed by atoms with Gasteiger partial charge in [-0.05, 0) is 19.3 Å². The summed E-state index contributed by atoms with van der Waals surface area (Å²) in [4.78, 5) is 48.8. The van der Waals surface area contributed by atoms with Crippen molar-refractivity contribution in [1.29, 1.82) is 0 Å². The number of nitrogens with one attached hydrogen (secondary N) is 2. The highest BCUT2D eigenvalue weighted by molar-refractivity contribution is 5.95. The predicted molar refractivity (Wildman–Crippen MR) is 88.9 cm³/mol. The van der Waals surface area contributed by atoms with Crippen molar-refractivity contribution in [2.45, 2.75) is 70.6 Å². The summed E-state index contributed by atoms with van der Waals surface area (Å²) in [6, 6.07) is -3.84. The van der Waals surface area contributed by atoms with Gasteiger partial charge in [0.1, 0.15) is 18.1 Å². The lowest BCUT2D eigenvalue weighted by molar-refractivity contribution is -0.155. The van der Waals surface area contributed by atoms with Crippen molar-refractivity contribution in [3.05, 3.63) is 0 Å². The zero-order valence-electron chi connectivity index (χ0n) is 14.8. The van der Waals surface area contributed by atoms with Crippen LogP contribution in [0.3, 0.4) is 0 Å². The van der Waals surface area contributed by atoms with Gasteiger partial charge >= 0.3 is 11.9 Å². The van der Waals surface area contributed by atoms with Gasteiger partial charge in [0.2, 0.25) is 11.8 Å². The Morgan fingerprint density at radius 3 is 2.04 bits per heavy atom. The largest absolute Gasteiger partial charge is 0.480 e. The molecule has 142 valence electrons. The van der Waals surface area contributed by atoms with E-state index in [2.05, 4.69) is 10.6 Å². The lowest BCUT2D eigenvalue weighted by atomic mass is 9.93. The number of nitrogens with zero attached hydrogens (tertiary/aromatic N) is 1. The summed E-state index contributed by atoms with van der Waals surface area (Å²) in [6.07, 6.45) is 1.35. The summed E-state index contributed by atoms with van der Waals surface area (Å²) in [5.41, 5.74) is 0. The Kier molecular flexibility index (Phi) is 7.82. The average molecular weight is 357 g/mol. The molecule has 1 heterocycles. The Labute approximate surface area is 146 Å². The van der Waals surface area contributed by atoms with Crippen molar-refractivity contribution in [2.24, 2.45) is 0 Å². The van der Waals surface area contributed by atoms with Crippen molar-refractivity contribution >= 4 is 23.8 Å². The van der Waals surface area contributed by atoms with E-state index in [0.29, 0.717) is 12.8 Å². The molecule has 4 unspecified atom stereocenters. The Balaban J connectivity index is 3.36. The summed E-state index contributed by atoms with van der Waals surface area (Å²) in [5.74, 6) is -3.10. The predicted octanol–water partition coefficient (Wildman–Crippen LogP) is -0.202. The summed E-state index contributed by atoms with van der Waals surface area (Å²) in [5, 5.41) is 24.2.